The Morgan fingerprint density at radius 1 is 1.19 bits per heavy atom. The smallest absolute Gasteiger partial charge is 0.232 e. The van der Waals surface area contributed by atoms with Gasteiger partial charge in [-0.25, -0.2) is 0 Å². The summed E-state index contributed by atoms with van der Waals surface area (Å²) in [5.41, 5.74) is 1.68. The minimum atomic E-state index is -0.114. The predicted octanol–water partition coefficient (Wildman–Crippen LogP) is 3.05. The number of rotatable bonds is 5. The second-order valence-electron chi connectivity index (χ2n) is 6.02. The van der Waals surface area contributed by atoms with Crippen LogP contribution in [0.2, 0.25) is 0 Å². The minimum absolute atomic E-state index is 0.0443. The Kier molecular flexibility index (Phi) is 4.35. The Balaban J connectivity index is 1.50. The number of ether oxygens (including phenoxy) is 1. The first-order chi connectivity index (χ1) is 12.7. The lowest BCUT2D eigenvalue weighted by Crippen LogP contribution is -2.24. The van der Waals surface area contributed by atoms with Crippen LogP contribution in [-0.2, 0) is 4.79 Å². The van der Waals surface area contributed by atoms with Gasteiger partial charge < -0.3 is 14.2 Å². The molecule has 1 aromatic carbocycles. The van der Waals surface area contributed by atoms with Crippen LogP contribution in [0, 0.1) is 0 Å². The van der Waals surface area contributed by atoms with Gasteiger partial charge in [0.15, 0.2) is 0 Å². The number of amides is 1. The zero-order chi connectivity index (χ0) is 17.9. The molecule has 7 heteroatoms. The van der Waals surface area contributed by atoms with Gasteiger partial charge in [0, 0.05) is 36.6 Å². The van der Waals surface area contributed by atoms with Gasteiger partial charge in [-0.15, -0.1) is 0 Å². The number of hydrogen-bond acceptors (Lipinski definition) is 6. The van der Waals surface area contributed by atoms with E-state index in [2.05, 4.69) is 15.1 Å². The molecule has 7 nitrogen and oxygen atoms in total. The molecule has 0 bridgehead atoms. The lowest BCUT2D eigenvalue weighted by Gasteiger charge is -2.16. The first kappa shape index (κ1) is 16.3. The fourth-order valence-electron chi connectivity index (χ4n) is 3.03. The van der Waals surface area contributed by atoms with Crippen LogP contribution in [0.3, 0.4) is 0 Å². The third-order valence-corrected chi connectivity index (χ3v) is 4.31. The second kappa shape index (κ2) is 6.95. The summed E-state index contributed by atoms with van der Waals surface area (Å²) in [4.78, 5) is 22.6. The molecule has 0 spiro atoms. The summed E-state index contributed by atoms with van der Waals surface area (Å²) in [5, 5.41) is 4.03. The number of benzene rings is 1. The minimum Gasteiger partial charge on any atom is -0.494 e. The van der Waals surface area contributed by atoms with Crippen LogP contribution in [0.25, 0.3) is 11.4 Å². The Bertz CT molecular complexity index is 893. The molecular formula is C19H18N4O3. The number of hydrogen-bond donors (Lipinski definition) is 0. The molecule has 1 saturated heterocycles. The molecule has 0 aliphatic carbocycles. The van der Waals surface area contributed by atoms with Gasteiger partial charge in [-0.3, -0.25) is 9.78 Å². The van der Waals surface area contributed by atoms with Crippen molar-refractivity contribution in [1.82, 2.24) is 15.1 Å². The Hall–Kier alpha value is -3.22. The lowest BCUT2D eigenvalue weighted by molar-refractivity contribution is -0.117. The number of anilines is 1. The van der Waals surface area contributed by atoms with Crippen LogP contribution < -0.4 is 9.64 Å². The molecule has 0 unspecified atom stereocenters. The molecule has 3 aromatic rings. The molecule has 26 heavy (non-hydrogen) atoms. The van der Waals surface area contributed by atoms with Crippen molar-refractivity contribution in [3.63, 3.8) is 0 Å². The van der Waals surface area contributed by atoms with E-state index in [0.717, 1.165) is 17.0 Å². The third-order valence-electron chi connectivity index (χ3n) is 4.31. The molecule has 1 fully saturated rings. The number of carbonyl (C=O) groups is 1. The van der Waals surface area contributed by atoms with Gasteiger partial charge in [0.2, 0.25) is 17.6 Å². The quantitative estimate of drug-likeness (QED) is 0.703. The highest BCUT2D eigenvalue weighted by atomic mass is 16.5. The first-order valence-electron chi connectivity index (χ1n) is 8.52. The Labute approximate surface area is 150 Å². The summed E-state index contributed by atoms with van der Waals surface area (Å²) < 4.78 is 10.9. The standard InChI is InChI=1S/C19H18N4O3/c1-2-25-16-5-3-15(4-6-16)23-12-14(11-17(23)24)19-21-18(22-26-19)13-7-9-20-10-8-13/h3-10,14H,2,11-12H2,1H3/t14-/m1/s1. The van der Waals surface area contributed by atoms with Gasteiger partial charge in [0.05, 0.1) is 12.5 Å². The van der Waals surface area contributed by atoms with Crippen LogP contribution in [0.15, 0.2) is 53.3 Å². The first-order valence-corrected chi connectivity index (χ1v) is 8.52. The average molecular weight is 350 g/mol. The summed E-state index contributed by atoms with van der Waals surface area (Å²) in [6.07, 6.45) is 3.71. The summed E-state index contributed by atoms with van der Waals surface area (Å²) >= 11 is 0. The summed E-state index contributed by atoms with van der Waals surface area (Å²) in [7, 11) is 0. The molecular weight excluding hydrogens is 332 g/mol. The fraction of sp³-hybridized carbons (Fsp3) is 0.263. The molecule has 3 heterocycles. The molecule has 1 amide bonds. The molecule has 1 atom stereocenters. The van der Waals surface area contributed by atoms with E-state index in [1.54, 1.807) is 17.3 Å². The van der Waals surface area contributed by atoms with Crippen molar-refractivity contribution in [2.45, 2.75) is 19.3 Å². The third kappa shape index (κ3) is 3.15. The van der Waals surface area contributed by atoms with Crippen molar-refractivity contribution in [2.24, 2.45) is 0 Å². The van der Waals surface area contributed by atoms with E-state index >= 15 is 0 Å². The maximum absolute atomic E-state index is 12.4. The van der Waals surface area contributed by atoms with Gasteiger partial charge in [-0.05, 0) is 43.3 Å². The van der Waals surface area contributed by atoms with Crippen molar-refractivity contribution < 1.29 is 14.1 Å². The number of carbonyl (C=O) groups excluding carboxylic acids is 1. The summed E-state index contributed by atoms with van der Waals surface area (Å²) in [6, 6.07) is 11.2. The molecule has 132 valence electrons. The molecule has 0 radical (unpaired) electrons. The number of pyridine rings is 1. The molecule has 0 N–H and O–H groups in total. The van der Waals surface area contributed by atoms with Crippen LogP contribution in [-0.4, -0.2) is 34.2 Å². The summed E-state index contributed by atoms with van der Waals surface area (Å²) in [6.45, 7) is 3.07. The largest absolute Gasteiger partial charge is 0.494 e. The average Bonchev–Trinajstić information content (AvgIpc) is 3.30. The fourth-order valence-corrected chi connectivity index (χ4v) is 3.03. The monoisotopic (exact) mass is 350 g/mol. The lowest BCUT2D eigenvalue weighted by atomic mass is 10.1. The van der Waals surface area contributed by atoms with E-state index in [-0.39, 0.29) is 11.8 Å². The maximum atomic E-state index is 12.4. The molecule has 1 aliphatic rings. The highest BCUT2D eigenvalue weighted by molar-refractivity contribution is 5.96. The molecule has 0 saturated carbocycles. The van der Waals surface area contributed by atoms with E-state index in [1.165, 1.54) is 0 Å². The molecule has 1 aliphatic heterocycles. The van der Waals surface area contributed by atoms with E-state index in [4.69, 9.17) is 9.26 Å². The SMILES string of the molecule is CCOc1ccc(N2C[C@H](c3nc(-c4ccncc4)no3)CC2=O)cc1. The maximum Gasteiger partial charge on any atom is 0.232 e. The van der Waals surface area contributed by atoms with Crippen molar-refractivity contribution in [2.75, 3.05) is 18.1 Å². The van der Waals surface area contributed by atoms with Crippen LogP contribution in [0.1, 0.15) is 25.2 Å². The van der Waals surface area contributed by atoms with Crippen LogP contribution in [0.4, 0.5) is 5.69 Å². The van der Waals surface area contributed by atoms with E-state index in [0.29, 0.717) is 31.3 Å². The highest BCUT2D eigenvalue weighted by Crippen LogP contribution is 2.32. The van der Waals surface area contributed by atoms with Crippen molar-refractivity contribution in [3.05, 3.63) is 54.7 Å². The van der Waals surface area contributed by atoms with Crippen molar-refractivity contribution in [3.8, 4) is 17.1 Å². The van der Waals surface area contributed by atoms with Gasteiger partial charge in [-0.2, -0.15) is 4.98 Å². The van der Waals surface area contributed by atoms with E-state index in [9.17, 15) is 4.79 Å². The van der Waals surface area contributed by atoms with Crippen molar-refractivity contribution in [1.29, 1.82) is 0 Å². The van der Waals surface area contributed by atoms with Gasteiger partial charge >= 0.3 is 0 Å². The normalized spacial score (nSPS) is 16.9. The van der Waals surface area contributed by atoms with Gasteiger partial charge in [0.1, 0.15) is 5.75 Å². The Morgan fingerprint density at radius 3 is 2.69 bits per heavy atom. The zero-order valence-corrected chi connectivity index (χ0v) is 14.3. The zero-order valence-electron chi connectivity index (χ0n) is 14.3. The van der Waals surface area contributed by atoms with Gasteiger partial charge in [-0.1, -0.05) is 5.16 Å². The predicted molar refractivity (Wildman–Crippen MR) is 94.9 cm³/mol. The summed E-state index contributed by atoms with van der Waals surface area (Å²) in [5.74, 6) is 1.71. The van der Waals surface area contributed by atoms with Gasteiger partial charge in [0.25, 0.3) is 0 Å². The number of aromatic nitrogens is 3. The van der Waals surface area contributed by atoms with E-state index in [1.807, 2.05) is 43.3 Å². The van der Waals surface area contributed by atoms with Crippen LogP contribution >= 0.6 is 0 Å². The van der Waals surface area contributed by atoms with E-state index < -0.39 is 0 Å². The van der Waals surface area contributed by atoms with Crippen molar-refractivity contribution >= 4 is 11.6 Å². The molecule has 2 aromatic heterocycles. The highest BCUT2D eigenvalue weighted by Gasteiger charge is 2.35. The molecule has 4 rings (SSSR count). The Morgan fingerprint density at radius 2 is 1.96 bits per heavy atom. The topological polar surface area (TPSA) is 81.3 Å². The second-order valence-corrected chi connectivity index (χ2v) is 6.02. The number of nitrogens with zero attached hydrogens (tertiary/aromatic N) is 4. The van der Waals surface area contributed by atoms with Crippen LogP contribution in [0.5, 0.6) is 5.75 Å².